The zero-order chi connectivity index (χ0) is 16.7. The summed E-state index contributed by atoms with van der Waals surface area (Å²) in [4.78, 5) is 15.5. The smallest absolute Gasteiger partial charge is 0.129 e. The number of ketones is 1. The number of Topliss-reactive ketones (excluding diaryl/α,β-unsaturated/α-hetero) is 1. The Morgan fingerprint density at radius 1 is 0.952 bits per heavy atom. The SMILES string of the molecule is CC.CC(=O)CCCCN(C)CCN(C)CCOC(C)C. The second-order valence-electron chi connectivity index (χ2n) is 5.69. The quantitative estimate of drug-likeness (QED) is 0.519. The Morgan fingerprint density at radius 3 is 1.95 bits per heavy atom. The Kier molecular flexibility index (Phi) is 17.3. The number of ether oxygens (including phenoxy) is 1. The molecule has 0 N–H and O–H groups in total. The molecule has 0 heterocycles. The van der Waals surface area contributed by atoms with Crippen LogP contribution < -0.4 is 0 Å². The predicted molar refractivity (Wildman–Crippen MR) is 92.0 cm³/mol. The van der Waals surface area contributed by atoms with Crippen LogP contribution in [0.2, 0.25) is 0 Å². The average molecular weight is 303 g/mol. The third-order valence-electron chi connectivity index (χ3n) is 3.11. The van der Waals surface area contributed by atoms with Gasteiger partial charge in [0.05, 0.1) is 12.7 Å². The Labute approximate surface area is 132 Å². The van der Waals surface area contributed by atoms with E-state index in [2.05, 4.69) is 37.7 Å². The van der Waals surface area contributed by atoms with Crippen LogP contribution in [0.4, 0.5) is 0 Å². The summed E-state index contributed by atoms with van der Waals surface area (Å²) in [6.45, 7) is 14.8. The van der Waals surface area contributed by atoms with E-state index >= 15 is 0 Å². The standard InChI is InChI=1S/C15H32N2O2.C2H6/c1-14(2)19-13-12-17(5)11-10-16(4)9-7-6-8-15(3)18;1-2/h14H,6-13H2,1-5H3;1-2H3. The molecular weight excluding hydrogens is 264 g/mol. The van der Waals surface area contributed by atoms with Gasteiger partial charge in [-0.25, -0.2) is 0 Å². The van der Waals surface area contributed by atoms with Crippen molar-refractivity contribution in [1.82, 2.24) is 9.80 Å². The summed E-state index contributed by atoms with van der Waals surface area (Å²) in [5.41, 5.74) is 0. The molecule has 0 aliphatic heterocycles. The molecule has 0 unspecified atom stereocenters. The Hall–Kier alpha value is -0.450. The van der Waals surface area contributed by atoms with Crippen LogP contribution in [-0.4, -0.2) is 68.6 Å². The van der Waals surface area contributed by atoms with E-state index in [-0.39, 0.29) is 0 Å². The largest absolute Gasteiger partial charge is 0.377 e. The first-order valence-corrected chi connectivity index (χ1v) is 8.40. The van der Waals surface area contributed by atoms with Gasteiger partial charge in [0.25, 0.3) is 0 Å². The molecule has 0 aromatic heterocycles. The highest BCUT2D eigenvalue weighted by atomic mass is 16.5. The van der Waals surface area contributed by atoms with E-state index in [4.69, 9.17) is 4.74 Å². The molecule has 0 saturated carbocycles. The zero-order valence-corrected chi connectivity index (χ0v) is 15.4. The molecule has 0 atom stereocenters. The maximum atomic E-state index is 10.8. The Morgan fingerprint density at radius 2 is 1.48 bits per heavy atom. The van der Waals surface area contributed by atoms with E-state index in [1.807, 2.05) is 13.8 Å². The summed E-state index contributed by atoms with van der Waals surface area (Å²) >= 11 is 0. The highest BCUT2D eigenvalue weighted by Crippen LogP contribution is 1.98. The molecule has 0 aromatic carbocycles. The molecule has 0 rings (SSSR count). The molecule has 0 amide bonds. The van der Waals surface area contributed by atoms with Crippen LogP contribution in [0, 0.1) is 0 Å². The number of carbonyl (C=O) groups excluding carboxylic acids is 1. The minimum absolute atomic E-state index is 0.299. The maximum absolute atomic E-state index is 10.8. The fraction of sp³-hybridized carbons (Fsp3) is 0.941. The molecule has 4 heteroatoms. The van der Waals surface area contributed by atoms with E-state index < -0.39 is 0 Å². The second kappa shape index (κ2) is 15.9. The van der Waals surface area contributed by atoms with E-state index in [0.717, 1.165) is 52.0 Å². The Balaban J connectivity index is 0. The first-order valence-electron chi connectivity index (χ1n) is 8.40. The number of nitrogens with zero attached hydrogens (tertiary/aromatic N) is 2. The topological polar surface area (TPSA) is 32.8 Å². The Bertz CT molecular complexity index is 233. The van der Waals surface area contributed by atoms with Gasteiger partial charge >= 0.3 is 0 Å². The summed E-state index contributed by atoms with van der Waals surface area (Å²) in [5, 5.41) is 0. The van der Waals surface area contributed by atoms with Crippen molar-refractivity contribution in [2.75, 3.05) is 46.9 Å². The number of unbranched alkanes of at least 4 members (excludes halogenated alkanes) is 1. The fourth-order valence-corrected chi connectivity index (χ4v) is 1.76. The molecule has 21 heavy (non-hydrogen) atoms. The summed E-state index contributed by atoms with van der Waals surface area (Å²) in [5.74, 6) is 0.299. The van der Waals surface area contributed by atoms with Gasteiger partial charge in [0.2, 0.25) is 0 Å². The summed E-state index contributed by atoms with van der Waals surface area (Å²) in [6.07, 6.45) is 3.16. The van der Waals surface area contributed by atoms with Crippen LogP contribution in [0.25, 0.3) is 0 Å². The van der Waals surface area contributed by atoms with Gasteiger partial charge in [-0.3, -0.25) is 0 Å². The van der Waals surface area contributed by atoms with Crippen molar-refractivity contribution < 1.29 is 9.53 Å². The van der Waals surface area contributed by atoms with Gasteiger partial charge in [0.1, 0.15) is 5.78 Å². The second-order valence-corrected chi connectivity index (χ2v) is 5.69. The number of rotatable bonds is 12. The molecule has 0 bridgehead atoms. The van der Waals surface area contributed by atoms with Crippen molar-refractivity contribution in [3.63, 3.8) is 0 Å². The van der Waals surface area contributed by atoms with E-state index in [0.29, 0.717) is 11.9 Å². The van der Waals surface area contributed by atoms with Crippen molar-refractivity contribution in [3.8, 4) is 0 Å². The average Bonchev–Trinajstić information content (AvgIpc) is 2.43. The molecule has 0 fully saturated rings. The lowest BCUT2D eigenvalue weighted by atomic mass is 10.2. The van der Waals surface area contributed by atoms with E-state index in [1.165, 1.54) is 0 Å². The predicted octanol–water partition coefficient (Wildman–Crippen LogP) is 3.06. The third kappa shape index (κ3) is 19.6. The summed E-state index contributed by atoms with van der Waals surface area (Å²) in [6, 6.07) is 0. The van der Waals surface area contributed by atoms with Crippen molar-refractivity contribution in [2.45, 2.75) is 60.0 Å². The molecule has 0 aliphatic carbocycles. The monoisotopic (exact) mass is 302 g/mol. The van der Waals surface area contributed by atoms with Crippen LogP contribution in [0.15, 0.2) is 0 Å². The fourth-order valence-electron chi connectivity index (χ4n) is 1.76. The van der Waals surface area contributed by atoms with Crippen LogP contribution in [0.3, 0.4) is 0 Å². The lowest BCUT2D eigenvalue weighted by Gasteiger charge is -2.22. The van der Waals surface area contributed by atoms with Crippen molar-refractivity contribution in [3.05, 3.63) is 0 Å². The van der Waals surface area contributed by atoms with Gasteiger partial charge in [0.15, 0.2) is 0 Å². The normalized spacial score (nSPS) is 11.0. The lowest BCUT2D eigenvalue weighted by Crippen LogP contribution is -2.33. The molecular formula is C17H38N2O2. The molecule has 0 saturated heterocycles. The highest BCUT2D eigenvalue weighted by molar-refractivity contribution is 5.75. The third-order valence-corrected chi connectivity index (χ3v) is 3.11. The molecule has 0 aliphatic rings. The van der Waals surface area contributed by atoms with Gasteiger partial charge in [0, 0.05) is 26.1 Å². The first kappa shape index (κ1) is 22.8. The number of hydrogen-bond acceptors (Lipinski definition) is 4. The van der Waals surface area contributed by atoms with Crippen LogP contribution in [-0.2, 0) is 9.53 Å². The van der Waals surface area contributed by atoms with Crippen LogP contribution >= 0.6 is 0 Å². The lowest BCUT2D eigenvalue weighted by molar-refractivity contribution is -0.117. The van der Waals surface area contributed by atoms with Gasteiger partial charge in [-0.2, -0.15) is 0 Å². The first-order chi connectivity index (χ1) is 9.91. The number of likely N-dealkylation sites (N-methyl/N-ethyl adjacent to an activating group) is 2. The van der Waals surface area contributed by atoms with E-state index in [1.54, 1.807) is 6.92 Å². The maximum Gasteiger partial charge on any atom is 0.129 e. The number of hydrogen-bond donors (Lipinski definition) is 0. The van der Waals surface area contributed by atoms with Crippen molar-refractivity contribution in [2.24, 2.45) is 0 Å². The number of carbonyl (C=O) groups is 1. The van der Waals surface area contributed by atoms with Crippen molar-refractivity contribution >= 4 is 5.78 Å². The van der Waals surface area contributed by atoms with Gasteiger partial charge < -0.3 is 19.3 Å². The van der Waals surface area contributed by atoms with Crippen LogP contribution in [0.1, 0.15) is 53.9 Å². The molecule has 0 radical (unpaired) electrons. The van der Waals surface area contributed by atoms with Crippen molar-refractivity contribution in [1.29, 1.82) is 0 Å². The molecule has 128 valence electrons. The minimum atomic E-state index is 0.299. The van der Waals surface area contributed by atoms with Gasteiger partial charge in [-0.1, -0.05) is 13.8 Å². The van der Waals surface area contributed by atoms with Gasteiger partial charge in [-0.15, -0.1) is 0 Å². The van der Waals surface area contributed by atoms with Gasteiger partial charge in [-0.05, 0) is 54.3 Å². The van der Waals surface area contributed by atoms with E-state index in [9.17, 15) is 4.79 Å². The van der Waals surface area contributed by atoms with Crippen LogP contribution in [0.5, 0.6) is 0 Å². The zero-order valence-electron chi connectivity index (χ0n) is 15.4. The summed E-state index contributed by atoms with van der Waals surface area (Å²) < 4.78 is 5.53. The highest BCUT2D eigenvalue weighted by Gasteiger charge is 2.03. The molecule has 4 nitrogen and oxygen atoms in total. The molecule has 0 spiro atoms. The minimum Gasteiger partial charge on any atom is -0.377 e. The summed E-state index contributed by atoms with van der Waals surface area (Å²) in [7, 11) is 4.28. The molecule has 0 aromatic rings.